The van der Waals surface area contributed by atoms with Gasteiger partial charge in [-0.2, -0.15) is 0 Å². The van der Waals surface area contributed by atoms with Crippen molar-refractivity contribution in [1.29, 1.82) is 0 Å². The van der Waals surface area contributed by atoms with Crippen LogP contribution >= 0.6 is 0 Å². The standard InChI is InChI=1S/C22H28N6/c1-27(21-12-4-8-18-10-6-14-24-22(18)21)15-19-16-28(26-25-19)20-11-3-2-7-17(20)9-5-13-23/h2-3,6-7,10-11,14,16,21H,4-5,8-9,12-13,15,23H2,1H3. The summed E-state index contributed by atoms with van der Waals surface area (Å²) in [6.07, 6.45) is 9.33. The molecule has 4 rings (SSSR count). The zero-order chi connectivity index (χ0) is 19.3. The molecule has 1 atom stereocenters. The number of nitrogens with two attached hydrogens (primary N) is 1. The third-order valence-corrected chi connectivity index (χ3v) is 5.54. The molecule has 0 amide bonds. The molecule has 1 aromatic carbocycles. The number of para-hydroxylation sites is 1. The zero-order valence-electron chi connectivity index (χ0n) is 16.5. The van der Waals surface area contributed by atoms with Crippen molar-refractivity contribution in [2.24, 2.45) is 5.73 Å². The lowest BCUT2D eigenvalue weighted by molar-refractivity contribution is 0.206. The number of hydrogen-bond donors (Lipinski definition) is 1. The number of fused-ring (bicyclic) bond motifs is 1. The van der Waals surface area contributed by atoms with Gasteiger partial charge in [-0.05, 0) is 69.0 Å². The van der Waals surface area contributed by atoms with Crippen LogP contribution in [0.25, 0.3) is 5.69 Å². The molecule has 0 saturated heterocycles. The third-order valence-electron chi connectivity index (χ3n) is 5.54. The van der Waals surface area contributed by atoms with Crippen LogP contribution in [-0.2, 0) is 19.4 Å². The highest BCUT2D eigenvalue weighted by Crippen LogP contribution is 2.32. The van der Waals surface area contributed by atoms with Gasteiger partial charge in [-0.3, -0.25) is 9.88 Å². The van der Waals surface area contributed by atoms with Crippen LogP contribution in [0.2, 0.25) is 0 Å². The molecule has 1 aliphatic carbocycles. The Hall–Kier alpha value is -2.57. The van der Waals surface area contributed by atoms with Crippen molar-refractivity contribution < 1.29 is 0 Å². The minimum Gasteiger partial charge on any atom is -0.330 e. The van der Waals surface area contributed by atoms with Gasteiger partial charge < -0.3 is 5.73 Å². The Kier molecular flexibility index (Phi) is 5.78. The van der Waals surface area contributed by atoms with Crippen molar-refractivity contribution in [1.82, 2.24) is 24.9 Å². The van der Waals surface area contributed by atoms with Crippen LogP contribution in [0.3, 0.4) is 0 Å². The monoisotopic (exact) mass is 376 g/mol. The van der Waals surface area contributed by atoms with Crippen molar-refractivity contribution in [3.05, 3.63) is 71.3 Å². The Morgan fingerprint density at radius 1 is 1.21 bits per heavy atom. The zero-order valence-corrected chi connectivity index (χ0v) is 16.5. The first kappa shape index (κ1) is 18.8. The van der Waals surface area contributed by atoms with Gasteiger partial charge in [0.2, 0.25) is 0 Å². The smallest absolute Gasteiger partial charge is 0.0971 e. The first-order chi connectivity index (χ1) is 13.8. The summed E-state index contributed by atoms with van der Waals surface area (Å²) < 4.78 is 1.89. The van der Waals surface area contributed by atoms with Crippen molar-refractivity contribution in [3.8, 4) is 5.69 Å². The van der Waals surface area contributed by atoms with E-state index in [1.807, 2.05) is 29.2 Å². The van der Waals surface area contributed by atoms with Crippen LogP contribution in [0.5, 0.6) is 0 Å². The normalized spacial score (nSPS) is 16.3. The molecule has 3 aromatic rings. The average Bonchev–Trinajstić information content (AvgIpc) is 3.20. The van der Waals surface area contributed by atoms with E-state index in [2.05, 4.69) is 51.5 Å². The average molecular weight is 377 g/mol. The third kappa shape index (κ3) is 3.98. The van der Waals surface area contributed by atoms with E-state index in [0.29, 0.717) is 12.6 Å². The summed E-state index contributed by atoms with van der Waals surface area (Å²) in [6.45, 7) is 1.45. The number of aromatic nitrogens is 4. The summed E-state index contributed by atoms with van der Waals surface area (Å²) in [7, 11) is 2.16. The molecule has 0 radical (unpaired) electrons. The van der Waals surface area contributed by atoms with Crippen molar-refractivity contribution in [2.45, 2.75) is 44.7 Å². The maximum atomic E-state index is 5.68. The van der Waals surface area contributed by atoms with Crippen molar-refractivity contribution in [3.63, 3.8) is 0 Å². The highest BCUT2D eigenvalue weighted by Gasteiger charge is 2.25. The largest absolute Gasteiger partial charge is 0.330 e. The van der Waals surface area contributed by atoms with Gasteiger partial charge in [0.15, 0.2) is 0 Å². The Morgan fingerprint density at radius 2 is 2.11 bits per heavy atom. The fourth-order valence-electron chi connectivity index (χ4n) is 4.11. The van der Waals surface area contributed by atoms with Crippen molar-refractivity contribution >= 4 is 0 Å². The first-order valence-electron chi connectivity index (χ1n) is 10.1. The molecule has 2 aromatic heterocycles. The quantitative estimate of drug-likeness (QED) is 0.686. The van der Waals surface area contributed by atoms with Gasteiger partial charge in [-0.15, -0.1) is 5.10 Å². The van der Waals surface area contributed by atoms with Gasteiger partial charge >= 0.3 is 0 Å². The van der Waals surface area contributed by atoms with E-state index in [1.54, 1.807) is 0 Å². The van der Waals surface area contributed by atoms with Crippen LogP contribution in [-0.4, -0.2) is 38.5 Å². The van der Waals surface area contributed by atoms with E-state index in [9.17, 15) is 0 Å². The fraction of sp³-hybridized carbons (Fsp3) is 0.409. The maximum absolute atomic E-state index is 5.68. The molecule has 0 spiro atoms. The second-order valence-electron chi connectivity index (χ2n) is 7.55. The molecule has 146 valence electrons. The maximum Gasteiger partial charge on any atom is 0.0971 e. The Labute approximate surface area is 166 Å². The van der Waals surface area contributed by atoms with Crippen LogP contribution < -0.4 is 5.73 Å². The van der Waals surface area contributed by atoms with Gasteiger partial charge in [0, 0.05) is 12.7 Å². The molecule has 1 aliphatic rings. The van der Waals surface area contributed by atoms with Crippen LogP contribution in [0.1, 0.15) is 47.8 Å². The fourth-order valence-corrected chi connectivity index (χ4v) is 4.11. The lowest BCUT2D eigenvalue weighted by Crippen LogP contribution is -2.28. The highest BCUT2D eigenvalue weighted by atomic mass is 15.4. The summed E-state index contributed by atoms with van der Waals surface area (Å²) in [5.41, 5.74) is 11.6. The molecule has 1 unspecified atom stereocenters. The van der Waals surface area contributed by atoms with Crippen LogP contribution in [0.15, 0.2) is 48.8 Å². The predicted octanol–water partition coefficient (Wildman–Crippen LogP) is 3.06. The Balaban J connectivity index is 1.50. The molecule has 0 fully saturated rings. The first-order valence-corrected chi connectivity index (χ1v) is 10.1. The molecule has 28 heavy (non-hydrogen) atoms. The summed E-state index contributed by atoms with van der Waals surface area (Å²) in [4.78, 5) is 7.01. The number of aryl methyl sites for hydroxylation is 2. The van der Waals surface area contributed by atoms with Gasteiger partial charge in [-0.25, -0.2) is 4.68 Å². The number of nitrogens with zero attached hydrogens (tertiary/aromatic N) is 5. The number of hydrogen-bond acceptors (Lipinski definition) is 5. The number of pyridine rings is 1. The van der Waals surface area contributed by atoms with E-state index in [0.717, 1.165) is 43.6 Å². The van der Waals surface area contributed by atoms with Gasteiger partial charge in [0.05, 0.1) is 29.3 Å². The lowest BCUT2D eigenvalue weighted by Gasteiger charge is -2.31. The van der Waals surface area contributed by atoms with E-state index in [-0.39, 0.29) is 0 Å². The second-order valence-corrected chi connectivity index (χ2v) is 7.55. The topological polar surface area (TPSA) is 72.9 Å². The van der Waals surface area contributed by atoms with Crippen LogP contribution in [0, 0.1) is 0 Å². The van der Waals surface area contributed by atoms with Gasteiger partial charge in [0.25, 0.3) is 0 Å². The van der Waals surface area contributed by atoms with Gasteiger partial charge in [0.1, 0.15) is 0 Å². The molecule has 2 heterocycles. The highest BCUT2D eigenvalue weighted by molar-refractivity contribution is 5.40. The van der Waals surface area contributed by atoms with E-state index >= 15 is 0 Å². The van der Waals surface area contributed by atoms with E-state index < -0.39 is 0 Å². The molecule has 6 heteroatoms. The molecule has 6 nitrogen and oxygen atoms in total. The molecule has 0 bridgehead atoms. The molecule has 0 saturated carbocycles. The Bertz CT molecular complexity index is 919. The number of rotatable bonds is 7. The summed E-state index contributed by atoms with van der Waals surface area (Å²) in [5, 5.41) is 8.82. The van der Waals surface area contributed by atoms with Gasteiger partial charge in [-0.1, -0.05) is 29.5 Å². The molecule has 0 aliphatic heterocycles. The molecule has 2 N–H and O–H groups in total. The second kappa shape index (κ2) is 8.63. The number of benzene rings is 1. The Morgan fingerprint density at radius 3 is 3.00 bits per heavy atom. The minimum absolute atomic E-state index is 0.340. The summed E-state index contributed by atoms with van der Waals surface area (Å²) in [5.74, 6) is 0. The SMILES string of the molecule is CN(Cc1cn(-c2ccccc2CCCN)nn1)C1CCCc2cccnc21. The predicted molar refractivity (Wildman–Crippen MR) is 110 cm³/mol. The van der Waals surface area contributed by atoms with E-state index in [1.165, 1.54) is 23.2 Å². The molecular formula is C22H28N6. The minimum atomic E-state index is 0.340. The van der Waals surface area contributed by atoms with Crippen LogP contribution in [0.4, 0.5) is 0 Å². The molecular weight excluding hydrogens is 348 g/mol. The lowest BCUT2D eigenvalue weighted by atomic mass is 9.91. The van der Waals surface area contributed by atoms with E-state index in [4.69, 9.17) is 5.73 Å². The summed E-state index contributed by atoms with van der Waals surface area (Å²) >= 11 is 0. The van der Waals surface area contributed by atoms with Crippen molar-refractivity contribution in [2.75, 3.05) is 13.6 Å². The summed E-state index contributed by atoms with van der Waals surface area (Å²) in [6, 6.07) is 12.9.